The van der Waals surface area contributed by atoms with Gasteiger partial charge in [-0.15, -0.1) is 0 Å². The van der Waals surface area contributed by atoms with E-state index in [1.807, 2.05) is 6.92 Å². The maximum atomic E-state index is 13.0. The van der Waals surface area contributed by atoms with Crippen LogP contribution < -0.4 is 5.73 Å². The van der Waals surface area contributed by atoms with Crippen LogP contribution in [-0.2, 0) is 14.8 Å². The predicted molar refractivity (Wildman–Crippen MR) is 98.5 cm³/mol. The Morgan fingerprint density at radius 3 is 2.42 bits per heavy atom. The third kappa shape index (κ3) is 2.98. The number of para-hydroxylation sites is 1. The van der Waals surface area contributed by atoms with Gasteiger partial charge in [0, 0.05) is 17.1 Å². The second kappa shape index (κ2) is 6.50. The van der Waals surface area contributed by atoms with Crippen molar-refractivity contribution in [1.29, 1.82) is 5.26 Å². The normalized spacial score (nSPS) is 12.1. The molecule has 3 rings (SSSR count). The SMILES string of the molecule is Cc1ccc(S(=O)(=O)n2cc(/C=C(/C#N)C(N)=O)c3ccccc32)cc1. The van der Waals surface area contributed by atoms with Gasteiger partial charge in [0.25, 0.3) is 15.9 Å². The molecule has 1 amide bonds. The fourth-order valence-corrected chi connectivity index (χ4v) is 4.00. The largest absolute Gasteiger partial charge is 0.365 e. The second-order valence-corrected chi connectivity index (χ2v) is 7.56. The van der Waals surface area contributed by atoms with Crippen molar-refractivity contribution in [2.75, 3.05) is 0 Å². The van der Waals surface area contributed by atoms with Gasteiger partial charge in [-0.3, -0.25) is 4.79 Å². The number of carbonyl (C=O) groups is 1. The van der Waals surface area contributed by atoms with Crippen LogP contribution >= 0.6 is 0 Å². The molecule has 0 bridgehead atoms. The summed E-state index contributed by atoms with van der Waals surface area (Å²) in [6.07, 6.45) is 2.69. The van der Waals surface area contributed by atoms with E-state index in [2.05, 4.69) is 0 Å². The van der Waals surface area contributed by atoms with Crippen molar-refractivity contribution >= 4 is 32.9 Å². The average Bonchev–Trinajstić information content (AvgIpc) is 2.99. The molecule has 1 heterocycles. The Morgan fingerprint density at radius 1 is 1.15 bits per heavy atom. The summed E-state index contributed by atoms with van der Waals surface area (Å²) in [6.45, 7) is 1.87. The third-order valence-electron chi connectivity index (χ3n) is 3.97. The van der Waals surface area contributed by atoms with Gasteiger partial charge in [-0.1, -0.05) is 35.9 Å². The van der Waals surface area contributed by atoms with Crippen LogP contribution in [0.2, 0.25) is 0 Å². The van der Waals surface area contributed by atoms with Crippen LogP contribution in [0.25, 0.3) is 17.0 Å². The molecule has 0 saturated heterocycles. The Balaban J connectivity index is 2.27. The number of rotatable bonds is 4. The highest BCUT2D eigenvalue weighted by Gasteiger charge is 2.21. The van der Waals surface area contributed by atoms with E-state index in [0.717, 1.165) is 9.54 Å². The first kappa shape index (κ1) is 17.5. The molecule has 2 N–H and O–H groups in total. The number of benzene rings is 2. The summed E-state index contributed by atoms with van der Waals surface area (Å²) in [6, 6.07) is 15.1. The first-order valence-corrected chi connectivity index (χ1v) is 9.12. The highest BCUT2D eigenvalue weighted by Crippen LogP contribution is 2.27. The molecular weight excluding hydrogens is 350 g/mol. The second-order valence-electron chi connectivity index (χ2n) is 5.75. The zero-order valence-corrected chi connectivity index (χ0v) is 14.7. The van der Waals surface area contributed by atoms with E-state index in [-0.39, 0.29) is 10.5 Å². The van der Waals surface area contributed by atoms with Crippen LogP contribution in [0.3, 0.4) is 0 Å². The minimum absolute atomic E-state index is 0.148. The third-order valence-corrected chi connectivity index (χ3v) is 5.66. The number of primary amides is 1. The molecule has 0 spiro atoms. The van der Waals surface area contributed by atoms with Crippen LogP contribution in [0.1, 0.15) is 11.1 Å². The van der Waals surface area contributed by atoms with Gasteiger partial charge >= 0.3 is 0 Å². The summed E-state index contributed by atoms with van der Waals surface area (Å²) >= 11 is 0. The van der Waals surface area contributed by atoms with Crippen molar-refractivity contribution in [2.45, 2.75) is 11.8 Å². The van der Waals surface area contributed by atoms with Crippen LogP contribution in [0.4, 0.5) is 0 Å². The quantitative estimate of drug-likeness (QED) is 0.566. The molecule has 1 aromatic heterocycles. The lowest BCUT2D eigenvalue weighted by atomic mass is 10.1. The summed E-state index contributed by atoms with van der Waals surface area (Å²) in [4.78, 5) is 11.5. The molecule has 26 heavy (non-hydrogen) atoms. The van der Waals surface area contributed by atoms with E-state index in [0.29, 0.717) is 16.5 Å². The number of hydrogen-bond acceptors (Lipinski definition) is 4. The summed E-state index contributed by atoms with van der Waals surface area (Å²) in [5.41, 5.74) is 6.75. The van der Waals surface area contributed by atoms with E-state index in [4.69, 9.17) is 11.0 Å². The monoisotopic (exact) mass is 365 g/mol. The van der Waals surface area contributed by atoms with Crippen LogP contribution in [-0.4, -0.2) is 18.3 Å². The smallest absolute Gasteiger partial charge is 0.268 e. The molecule has 0 aliphatic carbocycles. The number of aromatic nitrogens is 1. The molecule has 0 radical (unpaired) electrons. The number of hydrogen-bond donors (Lipinski definition) is 1. The van der Waals surface area contributed by atoms with Gasteiger partial charge in [-0.2, -0.15) is 5.26 Å². The molecule has 6 nitrogen and oxygen atoms in total. The maximum Gasteiger partial charge on any atom is 0.268 e. The Labute approximate surface area is 150 Å². The molecule has 0 fully saturated rings. The summed E-state index contributed by atoms with van der Waals surface area (Å²) in [7, 11) is -3.84. The average molecular weight is 365 g/mol. The fraction of sp³-hybridized carbons (Fsp3) is 0.0526. The number of nitrogens with zero attached hydrogens (tertiary/aromatic N) is 2. The van der Waals surface area contributed by atoms with Gasteiger partial charge in [0.1, 0.15) is 11.6 Å². The van der Waals surface area contributed by atoms with E-state index in [9.17, 15) is 13.2 Å². The van der Waals surface area contributed by atoms with Crippen molar-refractivity contribution in [3.63, 3.8) is 0 Å². The van der Waals surface area contributed by atoms with E-state index in [1.165, 1.54) is 12.3 Å². The lowest BCUT2D eigenvalue weighted by Gasteiger charge is -2.07. The van der Waals surface area contributed by atoms with Crippen molar-refractivity contribution in [3.05, 3.63) is 71.4 Å². The number of nitriles is 1. The van der Waals surface area contributed by atoms with E-state index < -0.39 is 15.9 Å². The van der Waals surface area contributed by atoms with Crippen LogP contribution in [0, 0.1) is 18.3 Å². The first-order chi connectivity index (χ1) is 12.3. The van der Waals surface area contributed by atoms with Crippen molar-refractivity contribution in [2.24, 2.45) is 5.73 Å². The van der Waals surface area contributed by atoms with Crippen LogP contribution in [0.5, 0.6) is 0 Å². The summed E-state index contributed by atoms with van der Waals surface area (Å²) in [5.74, 6) is -0.870. The van der Waals surface area contributed by atoms with Crippen molar-refractivity contribution in [3.8, 4) is 6.07 Å². The number of aryl methyl sites for hydroxylation is 1. The van der Waals surface area contributed by atoms with E-state index >= 15 is 0 Å². The highest BCUT2D eigenvalue weighted by molar-refractivity contribution is 7.90. The van der Waals surface area contributed by atoms with Crippen LogP contribution in [0.15, 0.2) is 65.2 Å². The Hall–Kier alpha value is -3.37. The first-order valence-electron chi connectivity index (χ1n) is 7.68. The topological polar surface area (TPSA) is 106 Å². The Bertz CT molecular complexity index is 1180. The zero-order chi connectivity index (χ0) is 18.9. The van der Waals surface area contributed by atoms with Gasteiger partial charge in [0.2, 0.25) is 0 Å². The van der Waals surface area contributed by atoms with Gasteiger partial charge in [0.15, 0.2) is 0 Å². The summed E-state index contributed by atoms with van der Waals surface area (Å²) < 4.78 is 27.2. The molecule has 0 aliphatic heterocycles. The maximum absolute atomic E-state index is 13.0. The minimum Gasteiger partial charge on any atom is -0.365 e. The lowest BCUT2D eigenvalue weighted by Crippen LogP contribution is -2.12. The molecule has 0 unspecified atom stereocenters. The number of fused-ring (bicyclic) bond motifs is 1. The molecule has 0 aliphatic rings. The Morgan fingerprint density at radius 2 is 1.81 bits per heavy atom. The van der Waals surface area contributed by atoms with Gasteiger partial charge in [-0.25, -0.2) is 12.4 Å². The number of carbonyl (C=O) groups excluding carboxylic acids is 1. The molecule has 0 saturated carbocycles. The lowest BCUT2D eigenvalue weighted by molar-refractivity contribution is -0.114. The van der Waals surface area contributed by atoms with Crippen molar-refractivity contribution < 1.29 is 13.2 Å². The highest BCUT2D eigenvalue weighted by atomic mass is 32.2. The zero-order valence-electron chi connectivity index (χ0n) is 13.9. The molecule has 3 aromatic rings. The molecule has 130 valence electrons. The molecular formula is C19H15N3O3S. The van der Waals surface area contributed by atoms with E-state index in [1.54, 1.807) is 54.6 Å². The van der Waals surface area contributed by atoms with Crippen molar-refractivity contribution in [1.82, 2.24) is 3.97 Å². The molecule has 0 atom stereocenters. The molecule has 7 heteroatoms. The predicted octanol–water partition coefficient (Wildman–Crippen LogP) is 2.58. The standard InChI is InChI=1S/C19H15N3O3S/c1-13-6-8-16(9-7-13)26(24,25)22-12-15(10-14(11-20)19(21)23)17-4-2-3-5-18(17)22/h2-10,12H,1H3,(H2,21,23)/b14-10-. The van der Waals surface area contributed by atoms with Gasteiger partial charge < -0.3 is 5.73 Å². The number of amides is 1. The Kier molecular flexibility index (Phi) is 4.36. The minimum atomic E-state index is -3.84. The fourth-order valence-electron chi connectivity index (χ4n) is 2.63. The summed E-state index contributed by atoms with van der Waals surface area (Å²) in [5, 5.41) is 9.65. The number of nitrogens with two attached hydrogens (primary N) is 1. The van der Waals surface area contributed by atoms with Gasteiger partial charge in [-0.05, 0) is 31.2 Å². The van der Waals surface area contributed by atoms with Gasteiger partial charge in [0.05, 0.1) is 10.4 Å². The molecule has 2 aromatic carbocycles.